The Morgan fingerprint density at radius 1 is 0.976 bits per heavy atom. The number of rotatable bonds is 11. The number of aromatic nitrogens is 8. The number of nitrogens with one attached hydrogen (secondary N) is 2. The van der Waals surface area contributed by atoms with Gasteiger partial charge in [0.2, 0.25) is 11.8 Å². The lowest BCUT2D eigenvalue weighted by Crippen LogP contribution is -2.29. The molecular formula is C28H32N10O4. The summed E-state index contributed by atoms with van der Waals surface area (Å²) in [7, 11) is 0. The molecule has 2 aromatic carbocycles. The van der Waals surface area contributed by atoms with Gasteiger partial charge in [0.1, 0.15) is 12.2 Å². The molecule has 14 heteroatoms. The zero-order valence-electron chi connectivity index (χ0n) is 22.9. The van der Waals surface area contributed by atoms with Gasteiger partial charge in [0.05, 0.1) is 25.5 Å². The van der Waals surface area contributed by atoms with E-state index in [0.717, 1.165) is 11.1 Å². The summed E-state index contributed by atoms with van der Waals surface area (Å²) in [5, 5.41) is 50.7. The van der Waals surface area contributed by atoms with Crippen LogP contribution in [0, 0.1) is 0 Å². The van der Waals surface area contributed by atoms with Crippen molar-refractivity contribution in [3.63, 3.8) is 0 Å². The van der Waals surface area contributed by atoms with Gasteiger partial charge < -0.3 is 30.7 Å². The molecule has 0 aliphatic carbocycles. The van der Waals surface area contributed by atoms with E-state index in [2.05, 4.69) is 36.0 Å². The number of aliphatic hydroxyl groups is 3. The van der Waals surface area contributed by atoms with Gasteiger partial charge in [-0.15, -0.1) is 10.2 Å². The van der Waals surface area contributed by atoms with Crippen molar-refractivity contribution in [2.45, 2.75) is 57.0 Å². The third kappa shape index (κ3) is 5.65. The number of imidazole rings is 1. The van der Waals surface area contributed by atoms with Crippen molar-refractivity contribution in [1.82, 2.24) is 39.7 Å². The van der Waals surface area contributed by atoms with Crippen molar-refractivity contribution < 1.29 is 20.1 Å². The molecular weight excluding hydrogens is 540 g/mol. The lowest BCUT2D eigenvalue weighted by Gasteiger charge is -2.19. The number of hydrogen-bond donors (Lipinski definition) is 5. The molecule has 1 fully saturated rings. The third-order valence-electron chi connectivity index (χ3n) is 7.12. The smallest absolute Gasteiger partial charge is 0.227 e. The molecule has 5 N–H and O–H groups in total. The van der Waals surface area contributed by atoms with Gasteiger partial charge in [-0.2, -0.15) is 14.8 Å². The number of hydrogen-bond acceptors (Lipinski definition) is 12. The second kappa shape index (κ2) is 12.2. The largest absolute Gasteiger partial charge is 0.394 e. The number of nitrogens with zero attached hydrogens (tertiary/aromatic N) is 8. The van der Waals surface area contributed by atoms with Crippen LogP contribution in [0.2, 0.25) is 0 Å². The Hall–Kier alpha value is -4.50. The first-order valence-corrected chi connectivity index (χ1v) is 13.8. The fourth-order valence-corrected chi connectivity index (χ4v) is 4.92. The number of ether oxygens (including phenoxy) is 1. The minimum atomic E-state index is -1.32. The molecule has 0 unspecified atom stereocenters. The zero-order chi connectivity index (χ0) is 29.1. The van der Waals surface area contributed by atoms with Crippen molar-refractivity contribution >= 4 is 22.9 Å². The summed E-state index contributed by atoms with van der Waals surface area (Å²) in [6.45, 7) is 2.70. The lowest BCUT2D eigenvalue weighted by molar-refractivity contribution is -0.0384. The van der Waals surface area contributed by atoms with Crippen LogP contribution in [0.4, 0.5) is 11.8 Å². The number of benzene rings is 2. The van der Waals surface area contributed by atoms with Crippen LogP contribution in [0.3, 0.4) is 0 Å². The van der Waals surface area contributed by atoms with E-state index in [-0.39, 0.29) is 24.4 Å². The maximum Gasteiger partial charge on any atom is 0.227 e. The van der Waals surface area contributed by atoms with Crippen LogP contribution in [0.25, 0.3) is 11.2 Å². The average molecular weight is 573 g/mol. The van der Waals surface area contributed by atoms with E-state index >= 15 is 0 Å². The highest BCUT2D eigenvalue weighted by molar-refractivity contribution is 5.84. The topological polar surface area (TPSA) is 181 Å². The summed E-state index contributed by atoms with van der Waals surface area (Å²) in [4.78, 5) is 15.3. The Balaban J connectivity index is 1.33. The molecule has 218 valence electrons. The highest BCUT2D eigenvalue weighted by Crippen LogP contribution is 2.39. The number of aliphatic hydroxyl groups excluding tert-OH is 3. The maximum atomic E-state index is 11.0. The molecule has 3 aromatic heterocycles. The molecule has 0 spiro atoms. The first-order valence-electron chi connectivity index (χ1n) is 13.8. The molecule has 0 saturated carbocycles. The molecule has 0 radical (unpaired) electrons. The van der Waals surface area contributed by atoms with Crippen LogP contribution in [0.15, 0.2) is 67.0 Å². The second-order valence-corrected chi connectivity index (χ2v) is 10.0. The van der Waals surface area contributed by atoms with Crippen molar-refractivity contribution in [2.75, 3.05) is 17.2 Å². The predicted octanol–water partition coefficient (Wildman–Crippen LogP) is 1.45. The summed E-state index contributed by atoms with van der Waals surface area (Å²) in [5.74, 6) is 0.884. The second-order valence-electron chi connectivity index (χ2n) is 10.0. The van der Waals surface area contributed by atoms with Crippen molar-refractivity contribution in [1.29, 1.82) is 0 Å². The van der Waals surface area contributed by atoms with Crippen molar-refractivity contribution in [3.8, 4) is 0 Å². The third-order valence-corrected chi connectivity index (χ3v) is 7.12. The average Bonchev–Trinajstić information content (AvgIpc) is 3.74. The monoisotopic (exact) mass is 572 g/mol. The van der Waals surface area contributed by atoms with Gasteiger partial charge in [0, 0.05) is 6.54 Å². The van der Waals surface area contributed by atoms with Gasteiger partial charge in [-0.25, -0.2) is 4.98 Å². The van der Waals surface area contributed by atoms with Crippen LogP contribution in [0.1, 0.15) is 36.2 Å². The van der Waals surface area contributed by atoms with Gasteiger partial charge in [-0.1, -0.05) is 60.7 Å². The van der Waals surface area contributed by atoms with E-state index in [1.165, 1.54) is 11.1 Å². The van der Waals surface area contributed by atoms with E-state index in [9.17, 15) is 15.3 Å². The summed E-state index contributed by atoms with van der Waals surface area (Å²) >= 11 is 0. The molecule has 1 aliphatic heterocycles. The summed E-state index contributed by atoms with van der Waals surface area (Å²) in [5.41, 5.74) is 2.91. The van der Waals surface area contributed by atoms with Crippen LogP contribution in [0.5, 0.6) is 0 Å². The first-order chi connectivity index (χ1) is 20.5. The number of tetrazole rings is 1. The standard InChI is InChI=1S/C28H32N10O4/c1-2-38-35-25(34-36-38)23-21(40)22(41)27(42-23)37-16-30-20-24(29-14-18-11-7-4-8-12-18)32-28(33-26(20)37)31-19(15-39)13-17-9-5-3-6-10-17/h3-12,16,19,21-23,27,39-41H,2,13-15H2,1H3,(H2,29,31,32,33)/t19-,21-,22+,23-,27+/m0/s1. The van der Waals surface area contributed by atoms with E-state index in [0.29, 0.717) is 36.5 Å². The Bertz CT molecular complexity index is 1610. The van der Waals surface area contributed by atoms with Crippen molar-refractivity contribution in [3.05, 3.63) is 83.9 Å². The Morgan fingerprint density at radius 3 is 2.40 bits per heavy atom. The number of aryl methyl sites for hydroxylation is 1. The highest BCUT2D eigenvalue weighted by Gasteiger charge is 2.47. The van der Waals surface area contributed by atoms with E-state index in [1.807, 2.05) is 67.6 Å². The fraction of sp³-hybridized carbons (Fsp3) is 0.357. The predicted molar refractivity (Wildman–Crippen MR) is 152 cm³/mol. The molecule has 5 aromatic rings. The molecule has 42 heavy (non-hydrogen) atoms. The van der Waals surface area contributed by atoms with Crippen LogP contribution in [-0.2, 0) is 24.2 Å². The highest BCUT2D eigenvalue weighted by atomic mass is 16.6. The zero-order valence-corrected chi connectivity index (χ0v) is 22.9. The molecule has 1 saturated heterocycles. The number of fused-ring (bicyclic) bond motifs is 1. The summed E-state index contributed by atoms with van der Waals surface area (Å²) in [6.07, 6.45) is -2.62. The molecule has 1 aliphatic rings. The SMILES string of the molecule is CCn1nnc([C@H]2O[C@@H](n3cnc4c(NCc5ccccc5)nc(N[C@H](CO)Cc5ccccc5)nc43)[C@H](O)[C@@H]2O)n1. The minimum absolute atomic E-state index is 0.147. The van der Waals surface area contributed by atoms with Gasteiger partial charge in [0.15, 0.2) is 29.3 Å². The Labute approximate surface area is 241 Å². The van der Waals surface area contributed by atoms with Gasteiger partial charge in [-0.3, -0.25) is 4.57 Å². The Kier molecular flexibility index (Phi) is 8.01. The molecule has 4 heterocycles. The number of anilines is 2. The first kappa shape index (κ1) is 27.7. The summed E-state index contributed by atoms with van der Waals surface area (Å²) < 4.78 is 7.63. The minimum Gasteiger partial charge on any atom is -0.394 e. The van der Waals surface area contributed by atoms with Crippen molar-refractivity contribution in [2.24, 2.45) is 0 Å². The van der Waals surface area contributed by atoms with Crippen LogP contribution >= 0.6 is 0 Å². The normalized spacial score (nSPS) is 21.0. The van der Waals surface area contributed by atoms with Crippen LogP contribution in [-0.4, -0.2) is 79.9 Å². The quantitative estimate of drug-likeness (QED) is 0.154. The van der Waals surface area contributed by atoms with Crippen LogP contribution < -0.4 is 10.6 Å². The summed E-state index contributed by atoms with van der Waals surface area (Å²) in [6, 6.07) is 19.3. The van der Waals surface area contributed by atoms with E-state index in [4.69, 9.17) is 9.72 Å². The molecule has 0 amide bonds. The molecule has 5 atom stereocenters. The molecule has 6 rings (SSSR count). The molecule has 0 bridgehead atoms. The van der Waals surface area contributed by atoms with E-state index < -0.39 is 24.5 Å². The Morgan fingerprint density at radius 2 is 1.71 bits per heavy atom. The van der Waals surface area contributed by atoms with E-state index in [1.54, 1.807) is 4.57 Å². The van der Waals surface area contributed by atoms with Gasteiger partial charge >= 0.3 is 0 Å². The van der Waals surface area contributed by atoms with Gasteiger partial charge in [0.25, 0.3) is 0 Å². The molecule has 14 nitrogen and oxygen atoms in total. The van der Waals surface area contributed by atoms with Gasteiger partial charge in [-0.05, 0) is 29.7 Å². The lowest BCUT2D eigenvalue weighted by atomic mass is 10.1. The maximum absolute atomic E-state index is 11.0. The fourth-order valence-electron chi connectivity index (χ4n) is 4.92.